The van der Waals surface area contributed by atoms with Crippen LogP contribution in [0.2, 0.25) is 0 Å². The van der Waals surface area contributed by atoms with Crippen LogP contribution in [0.15, 0.2) is 61.3 Å². The molecule has 0 N–H and O–H groups in total. The molecule has 0 radical (unpaired) electrons. The highest BCUT2D eigenvalue weighted by atomic mass is 19.4. The van der Waals surface area contributed by atoms with Crippen molar-refractivity contribution in [1.82, 2.24) is 19.5 Å². The number of imidazole rings is 1. The molecular formula is C19H13F3N4. The van der Waals surface area contributed by atoms with Gasteiger partial charge in [0, 0.05) is 29.7 Å². The van der Waals surface area contributed by atoms with Gasteiger partial charge in [-0.25, -0.2) is 9.97 Å². The molecule has 4 aromatic rings. The lowest BCUT2D eigenvalue weighted by molar-refractivity contribution is -0.137. The van der Waals surface area contributed by atoms with Crippen molar-refractivity contribution in [3.63, 3.8) is 0 Å². The van der Waals surface area contributed by atoms with Gasteiger partial charge < -0.3 is 0 Å². The highest BCUT2D eigenvalue weighted by Gasteiger charge is 2.31. The van der Waals surface area contributed by atoms with Crippen molar-refractivity contribution in [3.8, 4) is 16.9 Å². The molecule has 0 fully saturated rings. The van der Waals surface area contributed by atoms with Crippen molar-refractivity contribution in [1.29, 1.82) is 0 Å². The second kappa shape index (κ2) is 5.94. The fourth-order valence-corrected chi connectivity index (χ4v) is 2.91. The number of pyridine rings is 2. The quantitative estimate of drug-likeness (QED) is 0.519. The van der Waals surface area contributed by atoms with Crippen LogP contribution in [0.4, 0.5) is 13.2 Å². The molecule has 0 spiro atoms. The van der Waals surface area contributed by atoms with Gasteiger partial charge in [-0.2, -0.15) is 13.2 Å². The molecule has 0 aliphatic heterocycles. The van der Waals surface area contributed by atoms with Crippen LogP contribution in [-0.4, -0.2) is 19.5 Å². The van der Waals surface area contributed by atoms with E-state index in [4.69, 9.17) is 0 Å². The summed E-state index contributed by atoms with van der Waals surface area (Å²) in [6, 6.07) is 9.44. The van der Waals surface area contributed by atoms with Gasteiger partial charge in [-0.15, -0.1) is 0 Å². The van der Waals surface area contributed by atoms with Gasteiger partial charge in [0.05, 0.1) is 16.6 Å². The molecule has 4 nitrogen and oxygen atoms in total. The Morgan fingerprint density at radius 1 is 0.962 bits per heavy atom. The Labute approximate surface area is 147 Å². The number of aromatic nitrogens is 4. The summed E-state index contributed by atoms with van der Waals surface area (Å²) in [4.78, 5) is 12.7. The summed E-state index contributed by atoms with van der Waals surface area (Å²) in [5, 5.41) is 0. The molecule has 1 aromatic carbocycles. The molecule has 26 heavy (non-hydrogen) atoms. The molecule has 3 heterocycles. The van der Waals surface area contributed by atoms with Crippen LogP contribution in [-0.2, 0) is 6.18 Å². The van der Waals surface area contributed by atoms with E-state index < -0.39 is 11.7 Å². The number of fused-ring (bicyclic) bond motifs is 1. The van der Waals surface area contributed by atoms with E-state index in [-0.39, 0.29) is 5.82 Å². The third kappa shape index (κ3) is 2.71. The van der Waals surface area contributed by atoms with E-state index in [0.717, 1.165) is 35.0 Å². The fraction of sp³-hybridized carbons (Fsp3) is 0.105. The largest absolute Gasteiger partial charge is 0.416 e. The van der Waals surface area contributed by atoms with Gasteiger partial charge in [0.15, 0.2) is 0 Å². The van der Waals surface area contributed by atoms with Gasteiger partial charge in [0.25, 0.3) is 0 Å². The standard InChI is InChI=1S/C19H13F3N4/c1-12-5-7-23-10-15(12)14-3-2-4-16-18(14)25-11-26(16)17-9-13(6-8-24-17)19(20,21)22/h2-11H,1H3. The van der Waals surface area contributed by atoms with Crippen LogP contribution >= 0.6 is 0 Å². The molecule has 3 aromatic heterocycles. The maximum atomic E-state index is 13.0. The summed E-state index contributed by atoms with van der Waals surface area (Å²) in [6.45, 7) is 1.97. The SMILES string of the molecule is Cc1ccncc1-c1cccc2c1ncn2-c1cc(C(F)(F)F)ccn1. The van der Waals surface area contributed by atoms with Gasteiger partial charge in [-0.05, 0) is 36.8 Å². The third-order valence-corrected chi connectivity index (χ3v) is 4.23. The molecular weight excluding hydrogens is 341 g/mol. The summed E-state index contributed by atoms with van der Waals surface area (Å²) in [5.74, 6) is 0.169. The molecule has 0 unspecified atom stereocenters. The first kappa shape index (κ1) is 16.3. The molecule has 0 amide bonds. The van der Waals surface area contributed by atoms with Crippen molar-refractivity contribution >= 4 is 11.0 Å². The van der Waals surface area contributed by atoms with E-state index in [1.165, 1.54) is 6.33 Å². The minimum atomic E-state index is -4.42. The number of benzene rings is 1. The number of halogens is 3. The minimum absolute atomic E-state index is 0.169. The molecule has 0 aliphatic rings. The molecule has 7 heteroatoms. The fourth-order valence-electron chi connectivity index (χ4n) is 2.91. The van der Waals surface area contributed by atoms with Crippen molar-refractivity contribution in [2.24, 2.45) is 0 Å². The van der Waals surface area contributed by atoms with Crippen molar-refractivity contribution in [2.45, 2.75) is 13.1 Å². The Morgan fingerprint density at radius 3 is 2.58 bits per heavy atom. The van der Waals surface area contributed by atoms with Crippen LogP contribution in [0.25, 0.3) is 28.0 Å². The van der Waals surface area contributed by atoms with E-state index in [9.17, 15) is 13.2 Å². The molecule has 0 saturated carbocycles. The topological polar surface area (TPSA) is 43.6 Å². The van der Waals surface area contributed by atoms with Crippen molar-refractivity contribution < 1.29 is 13.2 Å². The number of nitrogens with zero attached hydrogens (tertiary/aromatic N) is 4. The molecule has 0 saturated heterocycles. The maximum absolute atomic E-state index is 13.0. The van der Waals surface area contributed by atoms with Gasteiger partial charge in [-0.3, -0.25) is 9.55 Å². The van der Waals surface area contributed by atoms with E-state index in [2.05, 4.69) is 15.0 Å². The first-order valence-corrected chi connectivity index (χ1v) is 7.86. The number of rotatable bonds is 2. The second-order valence-corrected chi connectivity index (χ2v) is 5.88. The zero-order valence-corrected chi connectivity index (χ0v) is 13.7. The Morgan fingerprint density at radius 2 is 1.81 bits per heavy atom. The second-order valence-electron chi connectivity index (χ2n) is 5.88. The monoisotopic (exact) mass is 354 g/mol. The Kier molecular flexibility index (Phi) is 3.72. The summed E-state index contributed by atoms with van der Waals surface area (Å²) in [5.41, 5.74) is 3.46. The van der Waals surface area contributed by atoms with Crippen LogP contribution in [0.3, 0.4) is 0 Å². The number of hydrogen-bond acceptors (Lipinski definition) is 3. The average Bonchev–Trinajstić information content (AvgIpc) is 3.06. The number of hydrogen-bond donors (Lipinski definition) is 0. The summed E-state index contributed by atoms with van der Waals surface area (Å²) >= 11 is 0. The Balaban J connectivity index is 1.90. The number of aryl methyl sites for hydroxylation is 1. The van der Waals surface area contributed by atoms with E-state index >= 15 is 0 Å². The summed E-state index contributed by atoms with van der Waals surface area (Å²) < 4.78 is 40.5. The molecule has 0 bridgehead atoms. The van der Waals surface area contributed by atoms with Crippen LogP contribution < -0.4 is 0 Å². The van der Waals surface area contributed by atoms with Gasteiger partial charge in [0.2, 0.25) is 0 Å². The summed E-state index contributed by atoms with van der Waals surface area (Å²) in [6.07, 6.45) is 1.68. The van der Waals surface area contributed by atoms with Crippen molar-refractivity contribution in [2.75, 3.05) is 0 Å². The minimum Gasteiger partial charge on any atom is -0.283 e. The lowest BCUT2D eigenvalue weighted by Crippen LogP contribution is -2.07. The molecule has 0 atom stereocenters. The average molecular weight is 354 g/mol. The number of para-hydroxylation sites is 1. The Bertz CT molecular complexity index is 1100. The van der Waals surface area contributed by atoms with E-state index in [0.29, 0.717) is 11.0 Å². The van der Waals surface area contributed by atoms with Gasteiger partial charge in [0.1, 0.15) is 12.1 Å². The summed E-state index contributed by atoms with van der Waals surface area (Å²) in [7, 11) is 0. The maximum Gasteiger partial charge on any atom is 0.416 e. The van der Waals surface area contributed by atoms with Crippen LogP contribution in [0.5, 0.6) is 0 Å². The number of alkyl halides is 3. The Hall–Kier alpha value is -3.22. The van der Waals surface area contributed by atoms with Crippen molar-refractivity contribution in [3.05, 3.63) is 72.4 Å². The first-order valence-electron chi connectivity index (χ1n) is 7.86. The molecule has 130 valence electrons. The highest BCUT2D eigenvalue weighted by molar-refractivity contribution is 5.93. The van der Waals surface area contributed by atoms with E-state index in [1.54, 1.807) is 23.0 Å². The van der Waals surface area contributed by atoms with Crippen LogP contribution in [0, 0.1) is 6.92 Å². The smallest absolute Gasteiger partial charge is 0.283 e. The normalized spacial score (nSPS) is 11.8. The zero-order chi connectivity index (χ0) is 18.3. The first-order chi connectivity index (χ1) is 12.4. The lowest BCUT2D eigenvalue weighted by atomic mass is 10.0. The lowest BCUT2D eigenvalue weighted by Gasteiger charge is -2.10. The van der Waals surface area contributed by atoms with E-state index in [1.807, 2.05) is 25.1 Å². The molecule has 4 rings (SSSR count). The van der Waals surface area contributed by atoms with Gasteiger partial charge >= 0.3 is 6.18 Å². The third-order valence-electron chi connectivity index (χ3n) is 4.23. The predicted octanol–water partition coefficient (Wildman–Crippen LogP) is 4.81. The van der Waals surface area contributed by atoms with Crippen LogP contribution in [0.1, 0.15) is 11.1 Å². The highest BCUT2D eigenvalue weighted by Crippen LogP contribution is 2.32. The predicted molar refractivity (Wildman–Crippen MR) is 91.8 cm³/mol. The zero-order valence-electron chi connectivity index (χ0n) is 13.7. The molecule has 0 aliphatic carbocycles. The van der Waals surface area contributed by atoms with Gasteiger partial charge in [-0.1, -0.05) is 12.1 Å².